The molecule has 10 aromatic rings. The van der Waals surface area contributed by atoms with Crippen molar-refractivity contribution in [1.82, 2.24) is 15.0 Å². The van der Waals surface area contributed by atoms with Gasteiger partial charge in [-0.05, 0) is 46.5 Å². The SMILES string of the molecule is c1ccc(-c2ccc(-c3nc(-c4ccc(-c5cccc6oc7ccccc7c56)cc4)nc(-c4cccc5sc6ccccc6c45)n3)cc2)cc1. The Labute approximate surface area is 292 Å². The quantitative estimate of drug-likeness (QED) is 0.185. The van der Waals surface area contributed by atoms with Crippen molar-refractivity contribution < 1.29 is 4.42 Å². The molecule has 0 aliphatic rings. The largest absolute Gasteiger partial charge is 0.456 e. The second kappa shape index (κ2) is 11.6. The highest BCUT2D eigenvalue weighted by Crippen LogP contribution is 2.40. The van der Waals surface area contributed by atoms with Crippen LogP contribution in [0.4, 0.5) is 0 Å². The zero-order valence-electron chi connectivity index (χ0n) is 26.7. The Morgan fingerprint density at radius 2 is 0.880 bits per heavy atom. The average molecular weight is 658 g/mol. The molecule has 0 N–H and O–H groups in total. The fourth-order valence-corrected chi connectivity index (χ4v) is 8.10. The van der Waals surface area contributed by atoms with Gasteiger partial charge in [0.05, 0.1) is 0 Å². The minimum absolute atomic E-state index is 0.632. The third-order valence-electron chi connectivity index (χ3n) is 9.39. The Hall–Kier alpha value is -6.43. The fraction of sp³-hybridized carbons (Fsp3) is 0. The van der Waals surface area contributed by atoms with Crippen LogP contribution >= 0.6 is 11.3 Å². The summed E-state index contributed by atoms with van der Waals surface area (Å²) in [4.78, 5) is 15.4. The summed E-state index contributed by atoms with van der Waals surface area (Å²) in [6.07, 6.45) is 0. The summed E-state index contributed by atoms with van der Waals surface area (Å²) in [5, 5.41) is 4.62. The molecule has 7 aromatic carbocycles. The molecule has 4 nitrogen and oxygen atoms in total. The monoisotopic (exact) mass is 657 g/mol. The molecular formula is C45H27N3OS. The van der Waals surface area contributed by atoms with E-state index >= 15 is 0 Å². The second-order valence-electron chi connectivity index (χ2n) is 12.4. The van der Waals surface area contributed by atoms with Crippen molar-refractivity contribution in [2.45, 2.75) is 0 Å². The molecule has 0 amide bonds. The van der Waals surface area contributed by atoms with E-state index in [2.05, 4.69) is 140 Å². The Bertz CT molecular complexity index is 2850. The molecule has 0 saturated heterocycles. The zero-order valence-corrected chi connectivity index (χ0v) is 27.6. The topological polar surface area (TPSA) is 51.8 Å². The van der Waals surface area contributed by atoms with E-state index in [9.17, 15) is 0 Å². The van der Waals surface area contributed by atoms with Crippen LogP contribution in [0.25, 0.3) is 98.5 Å². The van der Waals surface area contributed by atoms with E-state index in [0.717, 1.165) is 55.3 Å². The lowest BCUT2D eigenvalue weighted by atomic mass is 9.98. The zero-order chi connectivity index (χ0) is 33.0. The van der Waals surface area contributed by atoms with Crippen molar-refractivity contribution in [3.63, 3.8) is 0 Å². The van der Waals surface area contributed by atoms with Gasteiger partial charge in [0.15, 0.2) is 17.5 Å². The molecule has 234 valence electrons. The van der Waals surface area contributed by atoms with Crippen LogP contribution in [0.1, 0.15) is 0 Å². The highest BCUT2D eigenvalue weighted by molar-refractivity contribution is 7.25. The molecule has 0 spiro atoms. The first kappa shape index (κ1) is 28.6. The minimum atomic E-state index is 0.632. The van der Waals surface area contributed by atoms with Gasteiger partial charge in [-0.3, -0.25) is 0 Å². The number of para-hydroxylation sites is 1. The van der Waals surface area contributed by atoms with Gasteiger partial charge in [-0.2, -0.15) is 0 Å². The van der Waals surface area contributed by atoms with Crippen molar-refractivity contribution in [2.75, 3.05) is 0 Å². The summed E-state index contributed by atoms with van der Waals surface area (Å²) in [6, 6.07) is 56.8. The van der Waals surface area contributed by atoms with Crippen LogP contribution in [0.2, 0.25) is 0 Å². The predicted molar refractivity (Wildman–Crippen MR) is 207 cm³/mol. The van der Waals surface area contributed by atoms with Crippen LogP contribution in [-0.2, 0) is 0 Å². The number of hydrogen-bond acceptors (Lipinski definition) is 5. The van der Waals surface area contributed by atoms with E-state index in [-0.39, 0.29) is 0 Å². The summed E-state index contributed by atoms with van der Waals surface area (Å²) in [5.74, 6) is 1.93. The molecule has 0 fully saturated rings. The lowest BCUT2D eigenvalue weighted by Gasteiger charge is -2.11. The van der Waals surface area contributed by atoms with Gasteiger partial charge >= 0.3 is 0 Å². The van der Waals surface area contributed by atoms with Gasteiger partial charge in [-0.1, -0.05) is 140 Å². The fourth-order valence-electron chi connectivity index (χ4n) is 6.97. The van der Waals surface area contributed by atoms with Crippen molar-refractivity contribution in [1.29, 1.82) is 0 Å². The molecule has 0 radical (unpaired) electrons. The van der Waals surface area contributed by atoms with E-state index in [1.54, 1.807) is 11.3 Å². The van der Waals surface area contributed by atoms with Crippen molar-refractivity contribution in [3.8, 4) is 56.4 Å². The van der Waals surface area contributed by atoms with Gasteiger partial charge in [0.25, 0.3) is 0 Å². The molecule has 3 aromatic heterocycles. The summed E-state index contributed by atoms with van der Waals surface area (Å²) in [5.41, 5.74) is 9.19. The molecule has 5 heteroatoms. The number of fused-ring (bicyclic) bond motifs is 6. The van der Waals surface area contributed by atoms with Gasteiger partial charge < -0.3 is 4.42 Å². The van der Waals surface area contributed by atoms with E-state index in [4.69, 9.17) is 19.4 Å². The maximum Gasteiger partial charge on any atom is 0.164 e. The van der Waals surface area contributed by atoms with Crippen molar-refractivity contribution in [2.24, 2.45) is 0 Å². The maximum absolute atomic E-state index is 6.18. The van der Waals surface area contributed by atoms with Crippen LogP contribution in [-0.4, -0.2) is 15.0 Å². The van der Waals surface area contributed by atoms with Gasteiger partial charge in [-0.15, -0.1) is 11.3 Å². The third kappa shape index (κ3) is 4.79. The highest BCUT2D eigenvalue weighted by Gasteiger charge is 2.18. The minimum Gasteiger partial charge on any atom is -0.456 e. The van der Waals surface area contributed by atoms with Crippen LogP contribution in [0.15, 0.2) is 168 Å². The molecule has 0 bridgehead atoms. The Morgan fingerprint density at radius 1 is 0.340 bits per heavy atom. The standard InChI is InChI=1S/C45H27N3OS/c1-2-10-28(11-3-1)29-20-24-31(25-21-29)43-46-44(48-45(47-43)36-15-9-19-40-42(36)35-13-5-7-18-39(35)50-40)32-26-22-30(23-27-32)33-14-8-17-38-41(33)34-12-4-6-16-37(34)49-38/h1-27H. The number of nitrogens with zero attached hydrogens (tertiary/aromatic N) is 3. The number of hydrogen-bond donors (Lipinski definition) is 0. The van der Waals surface area contributed by atoms with Gasteiger partial charge in [0.1, 0.15) is 11.2 Å². The summed E-state index contributed by atoms with van der Waals surface area (Å²) >= 11 is 1.79. The summed E-state index contributed by atoms with van der Waals surface area (Å²) < 4.78 is 8.64. The van der Waals surface area contributed by atoms with Crippen LogP contribution in [0.3, 0.4) is 0 Å². The Balaban J connectivity index is 1.12. The maximum atomic E-state index is 6.18. The molecule has 3 heterocycles. The van der Waals surface area contributed by atoms with Crippen molar-refractivity contribution >= 4 is 53.4 Å². The predicted octanol–water partition coefficient (Wildman–Crippen LogP) is 12.5. The number of benzene rings is 7. The number of rotatable bonds is 5. The number of aromatic nitrogens is 3. The smallest absolute Gasteiger partial charge is 0.164 e. The molecule has 0 atom stereocenters. The molecule has 0 aliphatic carbocycles. The van der Waals surface area contributed by atoms with E-state index < -0.39 is 0 Å². The lowest BCUT2D eigenvalue weighted by molar-refractivity contribution is 0.669. The molecule has 10 rings (SSSR count). The van der Waals surface area contributed by atoms with Crippen LogP contribution in [0, 0.1) is 0 Å². The van der Waals surface area contributed by atoms with E-state index in [1.807, 2.05) is 24.3 Å². The molecular weight excluding hydrogens is 631 g/mol. The first-order chi connectivity index (χ1) is 24.8. The van der Waals surface area contributed by atoms with Gasteiger partial charge in [0.2, 0.25) is 0 Å². The highest BCUT2D eigenvalue weighted by atomic mass is 32.1. The van der Waals surface area contributed by atoms with Gasteiger partial charge in [-0.25, -0.2) is 15.0 Å². The van der Waals surface area contributed by atoms with Gasteiger partial charge in [0, 0.05) is 47.6 Å². The number of thiophene rings is 1. The Kier molecular flexibility index (Phi) is 6.64. The summed E-state index contributed by atoms with van der Waals surface area (Å²) in [7, 11) is 0. The van der Waals surface area contributed by atoms with E-state index in [0.29, 0.717) is 17.5 Å². The third-order valence-corrected chi connectivity index (χ3v) is 10.5. The Morgan fingerprint density at radius 3 is 1.66 bits per heavy atom. The van der Waals surface area contributed by atoms with Crippen LogP contribution < -0.4 is 0 Å². The first-order valence-electron chi connectivity index (χ1n) is 16.6. The molecule has 50 heavy (non-hydrogen) atoms. The molecule has 0 saturated carbocycles. The number of furan rings is 1. The van der Waals surface area contributed by atoms with E-state index in [1.165, 1.54) is 25.7 Å². The molecule has 0 aliphatic heterocycles. The lowest BCUT2D eigenvalue weighted by Crippen LogP contribution is -2.00. The second-order valence-corrected chi connectivity index (χ2v) is 13.5. The normalized spacial score (nSPS) is 11.6. The average Bonchev–Trinajstić information content (AvgIpc) is 3.77. The first-order valence-corrected chi connectivity index (χ1v) is 17.4. The van der Waals surface area contributed by atoms with Crippen LogP contribution in [0.5, 0.6) is 0 Å². The van der Waals surface area contributed by atoms with Crippen molar-refractivity contribution in [3.05, 3.63) is 164 Å². The summed E-state index contributed by atoms with van der Waals surface area (Å²) in [6.45, 7) is 0. The molecule has 0 unspecified atom stereocenters.